The second kappa shape index (κ2) is 10.9. The van der Waals surface area contributed by atoms with Crippen molar-refractivity contribution in [3.05, 3.63) is 0 Å². The number of ether oxygens (including phenoxy) is 2. The first-order valence-electron chi connectivity index (χ1n) is 15.5. The predicted octanol–water partition coefficient (Wildman–Crippen LogP) is 5.03. The normalized spacial score (nSPS) is 43.4. The molecule has 4 rings (SSSR count). The highest BCUT2D eigenvalue weighted by Crippen LogP contribution is 2.69. The summed E-state index contributed by atoms with van der Waals surface area (Å²) >= 11 is 0. The van der Waals surface area contributed by atoms with Crippen molar-refractivity contribution in [1.29, 1.82) is 0 Å². The van der Waals surface area contributed by atoms with E-state index in [2.05, 4.69) is 20.8 Å². The first kappa shape index (κ1) is 30.8. The van der Waals surface area contributed by atoms with Crippen LogP contribution in [-0.2, 0) is 19.1 Å². The summed E-state index contributed by atoms with van der Waals surface area (Å²) < 4.78 is 11.4. The fraction of sp³-hybridized carbons (Fsp3) is 0.938. The maximum atomic E-state index is 12.0. The van der Waals surface area contributed by atoms with Crippen molar-refractivity contribution in [2.75, 3.05) is 6.61 Å². The van der Waals surface area contributed by atoms with E-state index in [1.165, 1.54) is 13.8 Å². The molecule has 0 aliphatic heterocycles. The summed E-state index contributed by atoms with van der Waals surface area (Å²) in [6, 6.07) is 0. The van der Waals surface area contributed by atoms with Gasteiger partial charge in [0.2, 0.25) is 0 Å². The Morgan fingerprint density at radius 2 is 1.67 bits per heavy atom. The molecule has 7 nitrogen and oxygen atoms in total. The van der Waals surface area contributed by atoms with Crippen LogP contribution in [0.5, 0.6) is 0 Å². The number of esters is 2. The van der Waals surface area contributed by atoms with Gasteiger partial charge < -0.3 is 24.8 Å². The highest BCUT2D eigenvalue weighted by Gasteiger charge is 2.68. The number of fused-ring (bicyclic) bond motifs is 5. The van der Waals surface area contributed by atoms with Crippen molar-refractivity contribution < 1.29 is 34.4 Å². The van der Waals surface area contributed by atoms with Gasteiger partial charge in [0.05, 0.1) is 24.4 Å². The molecule has 0 aromatic rings. The van der Waals surface area contributed by atoms with E-state index in [-0.39, 0.29) is 41.5 Å². The lowest BCUT2D eigenvalue weighted by atomic mass is 9.42. The Kier molecular flexibility index (Phi) is 8.60. The van der Waals surface area contributed by atoms with Crippen molar-refractivity contribution in [2.24, 2.45) is 46.3 Å². The number of aliphatic hydroxyl groups is 3. The molecule has 4 saturated carbocycles. The molecule has 4 aliphatic rings. The average molecular weight is 551 g/mol. The Hall–Kier alpha value is -1.18. The van der Waals surface area contributed by atoms with Crippen LogP contribution in [0.3, 0.4) is 0 Å². The van der Waals surface area contributed by atoms with Gasteiger partial charge in [-0.25, -0.2) is 0 Å². The molecule has 7 heteroatoms. The van der Waals surface area contributed by atoms with E-state index < -0.39 is 28.8 Å². The lowest BCUT2D eigenvalue weighted by Gasteiger charge is -2.65. The highest BCUT2D eigenvalue weighted by atomic mass is 16.6. The maximum absolute atomic E-state index is 12.0. The van der Waals surface area contributed by atoms with Crippen LogP contribution in [-0.4, -0.2) is 57.3 Å². The Morgan fingerprint density at radius 1 is 0.974 bits per heavy atom. The fourth-order valence-electron chi connectivity index (χ4n) is 10.0. The van der Waals surface area contributed by atoms with Crippen molar-refractivity contribution in [3.63, 3.8) is 0 Å². The molecule has 0 aromatic carbocycles. The number of carbonyl (C=O) groups excluding carboxylic acids is 2. The van der Waals surface area contributed by atoms with Crippen LogP contribution in [0, 0.1) is 46.3 Å². The molecule has 11 atom stereocenters. The molecule has 0 spiro atoms. The largest absolute Gasteiger partial charge is 0.465 e. The lowest BCUT2D eigenvalue weighted by molar-refractivity contribution is -0.267. The summed E-state index contributed by atoms with van der Waals surface area (Å²) in [5.41, 5.74) is -2.32. The van der Waals surface area contributed by atoms with Crippen LogP contribution >= 0.6 is 0 Å². The van der Waals surface area contributed by atoms with Crippen molar-refractivity contribution >= 4 is 11.9 Å². The summed E-state index contributed by atoms with van der Waals surface area (Å²) in [5, 5.41) is 33.6. The van der Waals surface area contributed by atoms with E-state index in [0.29, 0.717) is 37.2 Å². The Labute approximate surface area is 235 Å². The summed E-state index contributed by atoms with van der Waals surface area (Å²) in [7, 11) is 0. The third-order valence-corrected chi connectivity index (χ3v) is 12.5. The zero-order valence-corrected chi connectivity index (χ0v) is 25.4. The maximum Gasteiger partial charge on any atom is 0.303 e. The molecule has 4 aliphatic carbocycles. The first-order chi connectivity index (χ1) is 18.1. The summed E-state index contributed by atoms with van der Waals surface area (Å²) in [6.45, 7) is 14.0. The van der Waals surface area contributed by atoms with Crippen LogP contribution in [0.4, 0.5) is 0 Å². The smallest absolute Gasteiger partial charge is 0.303 e. The van der Waals surface area contributed by atoms with Crippen LogP contribution in [0.15, 0.2) is 0 Å². The van der Waals surface area contributed by atoms with Crippen molar-refractivity contribution in [2.45, 2.75) is 136 Å². The standard InChI is InChI=1S/C32H54O7/c1-19(8-9-20(2)29(5,6)39-22(4)34)25-10-11-27-24-16-28(36)32(37)17-23(35)12-14-30(32,7)26(24)13-15-31(25,27)18-38-21(3)33/h19-20,23-28,35-37H,8-18H2,1-7H3/t19-,20+,23+,24-,25-,26+,27+,28-,30-,31+,32+/m1/s1. The Balaban J connectivity index is 1.57. The molecule has 0 unspecified atom stereocenters. The molecule has 0 heterocycles. The van der Waals surface area contributed by atoms with Gasteiger partial charge in [0.25, 0.3) is 0 Å². The second-order valence-electron chi connectivity index (χ2n) is 14.8. The van der Waals surface area contributed by atoms with Crippen LogP contribution in [0.25, 0.3) is 0 Å². The zero-order chi connectivity index (χ0) is 29.0. The minimum Gasteiger partial charge on any atom is -0.465 e. The molecule has 0 bridgehead atoms. The van der Waals surface area contributed by atoms with E-state index in [1.807, 2.05) is 13.8 Å². The minimum atomic E-state index is -1.25. The van der Waals surface area contributed by atoms with Crippen LogP contribution < -0.4 is 0 Å². The zero-order valence-electron chi connectivity index (χ0n) is 25.4. The summed E-state index contributed by atoms with van der Waals surface area (Å²) in [5.74, 6) is 1.44. The molecule has 4 fully saturated rings. The van der Waals surface area contributed by atoms with Gasteiger partial charge in [0.15, 0.2) is 0 Å². The third kappa shape index (κ3) is 5.30. The number of hydrogen-bond acceptors (Lipinski definition) is 7. The third-order valence-electron chi connectivity index (χ3n) is 12.5. The van der Waals surface area contributed by atoms with E-state index in [1.54, 1.807) is 0 Å². The molecule has 224 valence electrons. The topological polar surface area (TPSA) is 113 Å². The van der Waals surface area contributed by atoms with Gasteiger partial charge >= 0.3 is 11.9 Å². The van der Waals surface area contributed by atoms with Crippen LogP contribution in [0.1, 0.15) is 113 Å². The predicted molar refractivity (Wildman–Crippen MR) is 148 cm³/mol. The summed E-state index contributed by atoms with van der Waals surface area (Å²) in [4.78, 5) is 23.7. The van der Waals surface area contributed by atoms with Crippen molar-refractivity contribution in [1.82, 2.24) is 0 Å². The molecular formula is C32H54O7. The number of hydrogen-bond donors (Lipinski definition) is 3. The lowest BCUT2D eigenvalue weighted by Crippen LogP contribution is -2.69. The Bertz CT molecular complexity index is 918. The molecule has 0 saturated heterocycles. The summed E-state index contributed by atoms with van der Waals surface area (Å²) in [6.07, 6.45) is 6.76. The van der Waals surface area contributed by atoms with Crippen molar-refractivity contribution in [3.8, 4) is 0 Å². The van der Waals surface area contributed by atoms with E-state index in [4.69, 9.17) is 9.47 Å². The number of carbonyl (C=O) groups is 2. The first-order valence-corrected chi connectivity index (χ1v) is 15.5. The molecule has 0 aromatic heterocycles. The van der Waals surface area contributed by atoms with Gasteiger partial charge in [0, 0.05) is 31.1 Å². The van der Waals surface area contributed by atoms with Gasteiger partial charge in [0.1, 0.15) is 5.60 Å². The molecule has 39 heavy (non-hydrogen) atoms. The van der Waals surface area contributed by atoms with Gasteiger partial charge in [-0.3, -0.25) is 9.59 Å². The average Bonchev–Trinajstić information content (AvgIpc) is 3.22. The minimum absolute atomic E-state index is 0.124. The van der Waals surface area contributed by atoms with E-state index in [9.17, 15) is 24.9 Å². The number of aliphatic hydroxyl groups excluding tert-OH is 2. The molecule has 3 N–H and O–H groups in total. The Morgan fingerprint density at radius 3 is 2.31 bits per heavy atom. The molecule has 0 amide bonds. The second-order valence-corrected chi connectivity index (χ2v) is 14.8. The van der Waals surface area contributed by atoms with Gasteiger partial charge in [-0.05, 0) is 101 Å². The van der Waals surface area contributed by atoms with Gasteiger partial charge in [-0.2, -0.15) is 0 Å². The van der Waals surface area contributed by atoms with Crippen LogP contribution in [0.2, 0.25) is 0 Å². The molecular weight excluding hydrogens is 496 g/mol. The quantitative estimate of drug-likeness (QED) is 0.363. The van der Waals surface area contributed by atoms with Gasteiger partial charge in [-0.15, -0.1) is 0 Å². The monoisotopic (exact) mass is 550 g/mol. The fourth-order valence-corrected chi connectivity index (χ4v) is 10.0. The van der Waals surface area contributed by atoms with E-state index >= 15 is 0 Å². The molecule has 0 radical (unpaired) electrons. The van der Waals surface area contributed by atoms with Gasteiger partial charge in [-0.1, -0.05) is 27.2 Å². The highest BCUT2D eigenvalue weighted by molar-refractivity contribution is 5.66. The van der Waals surface area contributed by atoms with E-state index in [0.717, 1.165) is 44.9 Å². The number of rotatable bonds is 8. The SMILES string of the molecule is CC(=O)OC[C@]12CC[C@H]3[C@@H](C[C@@H](O)[C@@]4(O)C[C@@H](O)CC[C@]34C)[C@@H]1CC[C@@H]2[C@H](C)CC[C@H](C)C(C)(C)OC(C)=O.